The van der Waals surface area contributed by atoms with Gasteiger partial charge in [0.25, 0.3) is 0 Å². The van der Waals surface area contributed by atoms with Crippen LogP contribution in [0.1, 0.15) is 15.9 Å². The van der Waals surface area contributed by atoms with Crippen molar-refractivity contribution in [3.05, 3.63) is 61.5 Å². The fraction of sp³-hybridized carbons (Fsp3) is 0.0556. The van der Waals surface area contributed by atoms with Crippen molar-refractivity contribution in [2.45, 2.75) is 0 Å². The van der Waals surface area contributed by atoms with E-state index in [1.54, 1.807) is 12.1 Å². The summed E-state index contributed by atoms with van der Waals surface area (Å²) in [6, 6.07) is 7.73. The Morgan fingerprint density at radius 1 is 1.25 bits per heavy atom. The van der Waals surface area contributed by atoms with Gasteiger partial charge < -0.3 is 15.2 Å². The molecule has 0 aliphatic rings. The van der Waals surface area contributed by atoms with Crippen molar-refractivity contribution in [3.63, 3.8) is 0 Å². The van der Waals surface area contributed by atoms with Crippen LogP contribution in [0.4, 0.5) is 5.69 Å². The molecular formula is C18H13Br2ClN2O4S. The van der Waals surface area contributed by atoms with Crippen LogP contribution in [0.15, 0.2) is 45.4 Å². The average Bonchev–Trinajstić information content (AvgIpc) is 2.61. The Morgan fingerprint density at radius 3 is 2.61 bits per heavy atom. The third-order valence-electron chi connectivity index (χ3n) is 3.35. The Morgan fingerprint density at radius 2 is 1.96 bits per heavy atom. The molecular weight excluding hydrogens is 536 g/mol. The summed E-state index contributed by atoms with van der Waals surface area (Å²) in [5.74, 6) is -1.02. The van der Waals surface area contributed by atoms with Crippen molar-refractivity contribution in [3.8, 4) is 5.75 Å². The van der Waals surface area contributed by atoms with E-state index < -0.39 is 11.9 Å². The molecule has 0 saturated heterocycles. The standard InChI is InChI=1S/C18H13Br2ClN2O4S/c1-27-16-9(6-11(19)8-12(16)20)3-5-15(24)23-18(28)22-14-7-10(17(25)26)2-4-13(14)21/h2-8H,1H3,(H,25,26)(H2,22,23,24,28)/b5-3+. The molecule has 0 unspecified atom stereocenters. The molecule has 28 heavy (non-hydrogen) atoms. The summed E-state index contributed by atoms with van der Waals surface area (Å²) in [4.78, 5) is 23.2. The van der Waals surface area contributed by atoms with Gasteiger partial charge in [-0.25, -0.2) is 4.79 Å². The number of carbonyl (C=O) groups excluding carboxylic acids is 1. The lowest BCUT2D eigenvalue weighted by Gasteiger charge is -2.11. The van der Waals surface area contributed by atoms with Crippen molar-refractivity contribution in [2.75, 3.05) is 12.4 Å². The van der Waals surface area contributed by atoms with Gasteiger partial charge in [0.2, 0.25) is 5.91 Å². The van der Waals surface area contributed by atoms with Gasteiger partial charge in [-0.1, -0.05) is 27.5 Å². The van der Waals surface area contributed by atoms with Crippen LogP contribution in [0, 0.1) is 0 Å². The second-order valence-corrected chi connectivity index (χ2v) is 7.87. The number of benzene rings is 2. The van der Waals surface area contributed by atoms with Gasteiger partial charge in [0.05, 0.1) is 27.9 Å². The molecule has 0 radical (unpaired) electrons. The highest BCUT2D eigenvalue weighted by molar-refractivity contribution is 9.11. The van der Waals surface area contributed by atoms with Crippen molar-refractivity contribution < 1.29 is 19.4 Å². The molecule has 0 aliphatic heterocycles. The van der Waals surface area contributed by atoms with Gasteiger partial charge in [-0.15, -0.1) is 0 Å². The first-order chi connectivity index (χ1) is 13.2. The number of hydrogen-bond donors (Lipinski definition) is 3. The molecule has 0 bridgehead atoms. The smallest absolute Gasteiger partial charge is 0.335 e. The first kappa shape index (κ1) is 22.4. The predicted octanol–water partition coefficient (Wildman–Crippen LogP) is 5.10. The number of halogens is 3. The Kier molecular flexibility index (Phi) is 7.99. The number of amides is 1. The molecule has 10 heteroatoms. The number of anilines is 1. The molecule has 0 aromatic heterocycles. The highest BCUT2D eigenvalue weighted by Gasteiger charge is 2.10. The zero-order valence-corrected chi connectivity index (χ0v) is 19.0. The normalized spacial score (nSPS) is 10.6. The van der Waals surface area contributed by atoms with E-state index in [0.717, 1.165) is 8.95 Å². The van der Waals surface area contributed by atoms with Crippen molar-refractivity contribution in [1.82, 2.24) is 5.32 Å². The fourth-order valence-electron chi connectivity index (χ4n) is 2.15. The number of rotatable bonds is 5. The largest absolute Gasteiger partial charge is 0.495 e. The zero-order valence-electron chi connectivity index (χ0n) is 14.3. The third kappa shape index (κ3) is 6.03. The van der Waals surface area contributed by atoms with E-state index in [0.29, 0.717) is 11.3 Å². The Balaban J connectivity index is 2.08. The number of aromatic carboxylic acids is 1. The molecule has 3 N–H and O–H groups in total. The SMILES string of the molecule is COc1c(Br)cc(Br)cc1/C=C/C(=O)NC(=S)Nc1cc(C(=O)O)ccc1Cl. The van der Waals surface area contributed by atoms with Gasteiger partial charge in [-0.2, -0.15) is 0 Å². The molecule has 1 amide bonds. The zero-order chi connectivity index (χ0) is 20.8. The summed E-state index contributed by atoms with van der Waals surface area (Å²) >= 11 is 17.9. The van der Waals surface area contributed by atoms with Crippen molar-refractivity contribution >= 4 is 84.4 Å². The topological polar surface area (TPSA) is 87.7 Å². The van der Waals surface area contributed by atoms with Gasteiger partial charge >= 0.3 is 5.97 Å². The van der Waals surface area contributed by atoms with E-state index in [1.165, 1.54) is 31.4 Å². The second kappa shape index (κ2) is 10.0. The van der Waals surface area contributed by atoms with E-state index >= 15 is 0 Å². The average molecular weight is 549 g/mol. The molecule has 2 aromatic rings. The van der Waals surface area contributed by atoms with Crippen molar-refractivity contribution in [1.29, 1.82) is 0 Å². The highest BCUT2D eigenvalue weighted by Crippen LogP contribution is 2.33. The van der Waals surface area contributed by atoms with Gasteiger partial charge in [0.1, 0.15) is 5.75 Å². The maximum atomic E-state index is 12.1. The van der Waals surface area contributed by atoms with Crippen LogP contribution in [0.25, 0.3) is 6.08 Å². The van der Waals surface area contributed by atoms with E-state index in [1.807, 2.05) is 6.07 Å². The van der Waals surface area contributed by atoms with E-state index in [4.69, 9.17) is 33.7 Å². The lowest BCUT2D eigenvalue weighted by Crippen LogP contribution is -2.33. The lowest BCUT2D eigenvalue weighted by molar-refractivity contribution is -0.115. The first-order valence-electron chi connectivity index (χ1n) is 7.57. The van der Waals surface area contributed by atoms with E-state index in [2.05, 4.69) is 42.5 Å². The molecule has 0 saturated carbocycles. The summed E-state index contributed by atoms with van der Waals surface area (Å²) in [5, 5.41) is 14.4. The minimum Gasteiger partial charge on any atom is -0.495 e. The third-order valence-corrected chi connectivity index (χ3v) is 4.93. The van der Waals surface area contributed by atoms with Crippen molar-refractivity contribution in [2.24, 2.45) is 0 Å². The summed E-state index contributed by atoms with van der Waals surface area (Å²) in [6.45, 7) is 0. The first-order valence-corrected chi connectivity index (χ1v) is 9.94. The summed E-state index contributed by atoms with van der Waals surface area (Å²) < 4.78 is 6.86. The van der Waals surface area contributed by atoms with E-state index in [9.17, 15) is 9.59 Å². The van der Waals surface area contributed by atoms with E-state index in [-0.39, 0.29) is 21.4 Å². The number of carbonyl (C=O) groups is 2. The summed E-state index contributed by atoms with van der Waals surface area (Å²) in [5.41, 5.74) is 0.983. The number of carboxylic acids is 1. The van der Waals surface area contributed by atoms with Gasteiger partial charge in [-0.05, 0) is 64.6 Å². The second-order valence-electron chi connectivity index (χ2n) is 5.29. The minimum absolute atomic E-state index is 0.0264. The van der Waals surface area contributed by atoms with Crippen LogP contribution in [-0.2, 0) is 4.79 Å². The predicted molar refractivity (Wildman–Crippen MR) is 120 cm³/mol. The number of carboxylic acid groups (broad SMARTS) is 1. The Hall–Kier alpha value is -1.94. The molecule has 2 aromatic carbocycles. The van der Waals surface area contributed by atoms with Crippen LogP contribution >= 0.6 is 55.7 Å². The molecule has 0 aliphatic carbocycles. The maximum Gasteiger partial charge on any atom is 0.335 e. The van der Waals surface area contributed by atoms with Gasteiger partial charge in [-0.3, -0.25) is 10.1 Å². The quantitative estimate of drug-likeness (QED) is 0.356. The number of hydrogen-bond acceptors (Lipinski definition) is 4. The number of nitrogens with one attached hydrogen (secondary N) is 2. The molecule has 2 rings (SSSR count). The fourth-order valence-corrected chi connectivity index (χ4v) is 3.94. The Labute approximate surface area is 188 Å². The summed E-state index contributed by atoms with van der Waals surface area (Å²) in [6.07, 6.45) is 2.87. The van der Waals surface area contributed by atoms with Crippen LogP contribution in [-0.4, -0.2) is 29.2 Å². The van der Waals surface area contributed by atoms with Crippen LogP contribution < -0.4 is 15.4 Å². The molecule has 0 fully saturated rings. The molecule has 6 nitrogen and oxygen atoms in total. The summed E-state index contributed by atoms with van der Waals surface area (Å²) in [7, 11) is 1.53. The molecule has 0 spiro atoms. The van der Waals surface area contributed by atoms with Crippen LogP contribution in [0.5, 0.6) is 5.75 Å². The van der Waals surface area contributed by atoms with Gasteiger partial charge in [0.15, 0.2) is 5.11 Å². The monoisotopic (exact) mass is 546 g/mol. The minimum atomic E-state index is -1.10. The maximum absolute atomic E-state index is 12.1. The molecule has 0 heterocycles. The van der Waals surface area contributed by atoms with Gasteiger partial charge in [0, 0.05) is 16.1 Å². The molecule has 0 atom stereocenters. The highest BCUT2D eigenvalue weighted by atomic mass is 79.9. The molecule has 146 valence electrons. The van der Waals surface area contributed by atoms with Crippen LogP contribution in [0.3, 0.4) is 0 Å². The number of ether oxygens (including phenoxy) is 1. The number of methoxy groups -OCH3 is 1. The number of thiocarbonyl (C=S) groups is 1. The Bertz CT molecular complexity index is 982. The van der Waals surface area contributed by atoms with Crippen LogP contribution in [0.2, 0.25) is 5.02 Å². The lowest BCUT2D eigenvalue weighted by atomic mass is 10.2.